The van der Waals surface area contributed by atoms with Crippen LogP contribution in [-0.2, 0) is 5.54 Å². The van der Waals surface area contributed by atoms with Crippen molar-refractivity contribution >= 4 is 0 Å². The Morgan fingerprint density at radius 2 is 1.81 bits per heavy atom. The van der Waals surface area contributed by atoms with Gasteiger partial charge in [-0.1, -0.05) is 0 Å². The molecule has 2 unspecified atom stereocenters. The quantitative estimate of drug-likeness (QED) is 0.747. The van der Waals surface area contributed by atoms with Gasteiger partial charge in [-0.15, -0.1) is 0 Å². The number of hydrogen-bond donors (Lipinski definition) is 2. The fourth-order valence-electron chi connectivity index (χ4n) is 3.89. The summed E-state index contributed by atoms with van der Waals surface area (Å²) in [5.74, 6) is -0.253. The molecule has 0 saturated carbocycles. The maximum atomic E-state index is 13.4. The number of likely N-dealkylation sites (N-methyl/N-ethyl adjacent to an activating group) is 1. The second kappa shape index (κ2) is 6.87. The maximum absolute atomic E-state index is 13.4. The number of H-pyrrole nitrogens is 1. The summed E-state index contributed by atoms with van der Waals surface area (Å²) in [4.78, 5) is 6.54. The largest absolute Gasteiger partial charge is 0.313 e. The van der Waals surface area contributed by atoms with Gasteiger partial charge in [0, 0.05) is 42.7 Å². The standard InChI is InChI=1S/C21H24FN5/c1-14-12-24-13-21(2,27(14)3)20-18(15-8-10-23-11-9-15)19(25-26-20)16-4-6-17(22)7-5-16/h4-11,14,24H,12-13H2,1-3H3,(H,25,26). The van der Waals surface area contributed by atoms with E-state index < -0.39 is 0 Å². The van der Waals surface area contributed by atoms with E-state index >= 15 is 0 Å². The minimum atomic E-state index is -0.253. The van der Waals surface area contributed by atoms with Crippen LogP contribution in [0.5, 0.6) is 0 Å². The van der Waals surface area contributed by atoms with E-state index in [0.717, 1.165) is 41.2 Å². The van der Waals surface area contributed by atoms with E-state index in [0.29, 0.717) is 6.04 Å². The number of rotatable bonds is 3. The number of pyridine rings is 1. The molecule has 3 heterocycles. The summed E-state index contributed by atoms with van der Waals surface area (Å²) in [6.07, 6.45) is 3.57. The first kappa shape index (κ1) is 17.8. The molecule has 1 aromatic carbocycles. The number of benzene rings is 1. The molecule has 2 aromatic heterocycles. The normalized spacial score (nSPS) is 23.5. The summed E-state index contributed by atoms with van der Waals surface area (Å²) >= 11 is 0. The molecule has 2 atom stereocenters. The van der Waals surface area contributed by atoms with E-state index in [1.807, 2.05) is 12.1 Å². The monoisotopic (exact) mass is 365 g/mol. The van der Waals surface area contributed by atoms with E-state index in [1.165, 1.54) is 12.1 Å². The van der Waals surface area contributed by atoms with Crippen LogP contribution in [-0.4, -0.2) is 46.3 Å². The van der Waals surface area contributed by atoms with Crippen molar-refractivity contribution in [3.05, 3.63) is 60.3 Å². The van der Waals surface area contributed by atoms with Gasteiger partial charge in [-0.25, -0.2) is 4.39 Å². The van der Waals surface area contributed by atoms with Crippen LogP contribution in [0.3, 0.4) is 0 Å². The Morgan fingerprint density at radius 3 is 2.52 bits per heavy atom. The number of hydrogen-bond acceptors (Lipinski definition) is 4. The van der Waals surface area contributed by atoms with Gasteiger partial charge in [0.15, 0.2) is 0 Å². The average molecular weight is 365 g/mol. The Balaban J connectivity index is 1.92. The molecule has 4 rings (SSSR count). The molecule has 0 radical (unpaired) electrons. The molecular weight excluding hydrogens is 341 g/mol. The molecule has 27 heavy (non-hydrogen) atoms. The molecule has 6 heteroatoms. The van der Waals surface area contributed by atoms with Gasteiger partial charge < -0.3 is 5.32 Å². The molecule has 1 aliphatic heterocycles. The molecule has 140 valence electrons. The number of aromatic amines is 1. The first-order valence-corrected chi connectivity index (χ1v) is 9.19. The van der Waals surface area contributed by atoms with Gasteiger partial charge in [0.1, 0.15) is 11.5 Å². The lowest BCUT2D eigenvalue weighted by Crippen LogP contribution is -2.60. The topological polar surface area (TPSA) is 56.8 Å². The molecule has 0 aliphatic carbocycles. The Bertz CT molecular complexity index is 922. The zero-order valence-electron chi connectivity index (χ0n) is 15.8. The number of aromatic nitrogens is 3. The zero-order valence-corrected chi connectivity index (χ0v) is 15.8. The predicted octanol–water partition coefficient (Wildman–Crippen LogP) is 3.42. The van der Waals surface area contributed by atoms with Crippen LogP contribution >= 0.6 is 0 Å². The Hall–Kier alpha value is -2.57. The van der Waals surface area contributed by atoms with Crippen molar-refractivity contribution in [3.8, 4) is 22.4 Å². The minimum Gasteiger partial charge on any atom is -0.313 e. The fourth-order valence-corrected chi connectivity index (χ4v) is 3.89. The highest BCUT2D eigenvalue weighted by Crippen LogP contribution is 2.40. The van der Waals surface area contributed by atoms with Gasteiger partial charge in [0.2, 0.25) is 0 Å². The van der Waals surface area contributed by atoms with E-state index in [2.05, 4.69) is 46.3 Å². The third-order valence-corrected chi connectivity index (χ3v) is 5.74. The summed E-state index contributed by atoms with van der Waals surface area (Å²) in [6.45, 7) is 6.21. The van der Waals surface area contributed by atoms with E-state index in [4.69, 9.17) is 0 Å². The van der Waals surface area contributed by atoms with Crippen LogP contribution < -0.4 is 5.32 Å². The summed E-state index contributed by atoms with van der Waals surface area (Å²) < 4.78 is 13.4. The van der Waals surface area contributed by atoms with Crippen LogP contribution in [0.4, 0.5) is 4.39 Å². The first-order chi connectivity index (χ1) is 13.0. The lowest BCUT2D eigenvalue weighted by Gasteiger charge is -2.46. The Labute approximate surface area is 158 Å². The average Bonchev–Trinajstić information content (AvgIpc) is 3.13. The molecule has 2 N–H and O–H groups in total. The van der Waals surface area contributed by atoms with E-state index in [-0.39, 0.29) is 11.4 Å². The fraction of sp³-hybridized carbons (Fsp3) is 0.333. The summed E-state index contributed by atoms with van der Waals surface area (Å²) in [5.41, 5.74) is 4.59. The van der Waals surface area contributed by atoms with Crippen molar-refractivity contribution in [1.82, 2.24) is 25.4 Å². The molecule has 0 amide bonds. The van der Waals surface area contributed by atoms with Crippen LogP contribution in [0.2, 0.25) is 0 Å². The molecule has 1 aliphatic rings. The molecule has 3 aromatic rings. The highest BCUT2D eigenvalue weighted by atomic mass is 19.1. The van der Waals surface area contributed by atoms with Crippen LogP contribution in [0, 0.1) is 5.82 Å². The van der Waals surface area contributed by atoms with Crippen molar-refractivity contribution in [2.45, 2.75) is 25.4 Å². The zero-order chi connectivity index (χ0) is 19.0. The summed E-state index contributed by atoms with van der Waals surface area (Å²) in [7, 11) is 2.15. The van der Waals surface area contributed by atoms with Crippen LogP contribution in [0.15, 0.2) is 48.8 Å². The lowest BCUT2D eigenvalue weighted by atomic mass is 9.85. The van der Waals surface area contributed by atoms with Crippen LogP contribution in [0.25, 0.3) is 22.4 Å². The maximum Gasteiger partial charge on any atom is 0.123 e. The molecular formula is C21H24FN5. The number of nitrogens with one attached hydrogen (secondary N) is 2. The summed E-state index contributed by atoms with van der Waals surface area (Å²) in [6, 6.07) is 10.9. The Kier molecular flexibility index (Phi) is 4.53. The number of halogens is 1. The molecule has 1 saturated heterocycles. The van der Waals surface area contributed by atoms with E-state index in [9.17, 15) is 4.39 Å². The molecule has 1 fully saturated rings. The van der Waals surface area contributed by atoms with E-state index in [1.54, 1.807) is 24.5 Å². The number of nitrogens with zero attached hydrogens (tertiary/aromatic N) is 3. The van der Waals surface area contributed by atoms with Gasteiger partial charge in [0.05, 0.1) is 11.2 Å². The van der Waals surface area contributed by atoms with Crippen molar-refractivity contribution in [2.24, 2.45) is 0 Å². The molecule has 5 nitrogen and oxygen atoms in total. The Morgan fingerprint density at radius 1 is 1.11 bits per heavy atom. The van der Waals surface area contributed by atoms with Crippen molar-refractivity contribution < 1.29 is 4.39 Å². The highest BCUT2D eigenvalue weighted by Gasteiger charge is 2.41. The second-order valence-corrected chi connectivity index (χ2v) is 7.43. The van der Waals surface area contributed by atoms with Gasteiger partial charge in [0.25, 0.3) is 0 Å². The molecule has 0 bridgehead atoms. The van der Waals surface area contributed by atoms with Gasteiger partial charge in [-0.05, 0) is 62.9 Å². The third-order valence-electron chi connectivity index (χ3n) is 5.74. The van der Waals surface area contributed by atoms with Crippen molar-refractivity contribution in [3.63, 3.8) is 0 Å². The lowest BCUT2D eigenvalue weighted by molar-refractivity contribution is 0.0545. The van der Waals surface area contributed by atoms with Crippen LogP contribution in [0.1, 0.15) is 19.5 Å². The predicted molar refractivity (Wildman–Crippen MR) is 105 cm³/mol. The first-order valence-electron chi connectivity index (χ1n) is 9.19. The summed E-state index contributed by atoms with van der Waals surface area (Å²) in [5, 5.41) is 11.5. The van der Waals surface area contributed by atoms with Crippen molar-refractivity contribution in [2.75, 3.05) is 20.1 Å². The van der Waals surface area contributed by atoms with Crippen molar-refractivity contribution in [1.29, 1.82) is 0 Å². The highest BCUT2D eigenvalue weighted by molar-refractivity contribution is 5.83. The van der Waals surface area contributed by atoms with Gasteiger partial charge in [-0.3, -0.25) is 15.0 Å². The minimum absolute atomic E-state index is 0.248. The number of piperazine rings is 1. The third kappa shape index (κ3) is 3.05. The van der Waals surface area contributed by atoms with Gasteiger partial charge in [-0.2, -0.15) is 5.10 Å². The van der Waals surface area contributed by atoms with Gasteiger partial charge >= 0.3 is 0 Å². The SMILES string of the molecule is CC1CNCC(C)(c2[nH]nc(-c3ccc(F)cc3)c2-c2ccncc2)N1C. The molecule has 0 spiro atoms. The smallest absolute Gasteiger partial charge is 0.123 e. The second-order valence-electron chi connectivity index (χ2n) is 7.43.